The van der Waals surface area contributed by atoms with E-state index in [-0.39, 0.29) is 22.3 Å². The number of carboxylic acids is 1. The number of rotatable bonds is 3. The summed E-state index contributed by atoms with van der Waals surface area (Å²) in [5.41, 5.74) is 5.11. The minimum Gasteiger partial charge on any atom is -0.478 e. The highest BCUT2D eigenvalue weighted by Gasteiger charge is 2.35. The summed E-state index contributed by atoms with van der Waals surface area (Å²) in [5, 5.41) is 9.47. The van der Waals surface area contributed by atoms with Crippen LogP contribution in [-0.4, -0.2) is 16.9 Å². The Kier molecular flexibility index (Phi) is 4.04. The normalized spacial score (nSPS) is 13.7. The Hall–Kier alpha value is -2.72. The number of ketones is 1. The van der Waals surface area contributed by atoms with Crippen molar-refractivity contribution in [2.75, 3.05) is 0 Å². The number of hydrogen-bond donors (Lipinski definition) is 1. The molecule has 0 aromatic heterocycles. The van der Waals surface area contributed by atoms with Crippen LogP contribution in [-0.2, 0) is 5.41 Å². The van der Waals surface area contributed by atoms with Gasteiger partial charge in [-0.3, -0.25) is 4.79 Å². The number of fused-ring (bicyclic) bond motifs is 3. The molecular weight excluding hydrogens is 404 g/mol. The molecule has 0 aliphatic heterocycles. The minimum absolute atomic E-state index is 0.00239. The fourth-order valence-electron chi connectivity index (χ4n) is 3.89. The van der Waals surface area contributed by atoms with Crippen molar-refractivity contribution in [1.29, 1.82) is 0 Å². The van der Waals surface area contributed by atoms with Crippen molar-refractivity contribution in [2.24, 2.45) is 0 Å². The lowest BCUT2D eigenvalue weighted by Gasteiger charge is -2.21. The molecule has 1 aliphatic carbocycles. The van der Waals surface area contributed by atoms with E-state index in [9.17, 15) is 14.7 Å². The number of carbonyl (C=O) groups excluding carboxylic acids is 1. The Bertz CT molecular complexity index is 1110. The summed E-state index contributed by atoms with van der Waals surface area (Å²) < 4.78 is 0.627. The molecule has 0 amide bonds. The lowest BCUT2D eigenvalue weighted by atomic mass is 9.81. The lowest BCUT2D eigenvalue weighted by molar-refractivity contribution is 0.0692. The number of aromatic carboxylic acids is 1. The average Bonchev–Trinajstić information content (AvgIpc) is 2.89. The van der Waals surface area contributed by atoms with Gasteiger partial charge in [0.05, 0.1) is 5.56 Å². The van der Waals surface area contributed by atoms with Gasteiger partial charge >= 0.3 is 5.97 Å². The van der Waals surface area contributed by atoms with Gasteiger partial charge in [0.25, 0.3) is 0 Å². The van der Waals surface area contributed by atoms with Crippen molar-refractivity contribution in [2.45, 2.75) is 19.3 Å². The summed E-state index contributed by atoms with van der Waals surface area (Å²) >= 11 is 3.27. The molecule has 27 heavy (non-hydrogen) atoms. The Morgan fingerprint density at radius 1 is 0.852 bits per heavy atom. The number of carbonyl (C=O) groups is 2. The molecule has 0 radical (unpaired) electrons. The van der Waals surface area contributed by atoms with Gasteiger partial charge in [-0.25, -0.2) is 4.79 Å². The second-order valence-corrected chi connectivity index (χ2v) is 8.17. The number of hydrogen-bond acceptors (Lipinski definition) is 2. The maximum absolute atomic E-state index is 13.1. The average molecular weight is 421 g/mol. The van der Waals surface area contributed by atoms with Gasteiger partial charge in [-0.2, -0.15) is 0 Å². The number of benzene rings is 3. The number of halogens is 1. The fraction of sp³-hybridized carbons (Fsp3) is 0.130. The second-order valence-electron chi connectivity index (χ2n) is 7.26. The second kappa shape index (κ2) is 6.17. The van der Waals surface area contributed by atoms with Crippen molar-refractivity contribution in [3.8, 4) is 11.1 Å². The highest BCUT2D eigenvalue weighted by molar-refractivity contribution is 9.10. The van der Waals surface area contributed by atoms with Gasteiger partial charge in [-0.1, -0.05) is 66.2 Å². The van der Waals surface area contributed by atoms with E-state index in [0.29, 0.717) is 10.0 Å². The SMILES string of the molecule is CC1(C)c2ccccc2-c2ccc(C(=O)c3ccc(Br)cc3C(=O)O)cc21. The van der Waals surface area contributed by atoms with Gasteiger partial charge in [-0.15, -0.1) is 0 Å². The smallest absolute Gasteiger partial charge is 0.336 e. The molecule has 1 aliphatic rings. The summed E-state index contributed by atoms with van der Waals surface area (Å²) in [7, 11) is 0. The molecule has 3 nitrogen and oxygen atoms in total. The Balaban J connectivity index is 1.84. The molecule has 0 atom stereocenters. The highest BCUT2D eigenvalue weighted by Crippen LogP contribution is 2.48. The molecule has 0 bridgehead atoms. The topological polar surface area (TPSA) is 54.4 Å². The van der Waals surface area contributed by atoms with Crippen LogP contribution in [0.3, 0.4) is 0 Å². The predicted molar refractivity (Wildman–Crippen MR) is 109 cm³/mol. The van der Waals surface area contributed by atoms with Crippen LogP contribution in [0.2, 0.25) is 0 Å². The highest BCUT2D eigenvalue weighted by atomic mass is 79.9. The van der Waals surface area contributed by atoms with Crippen molar-refractivity contribution in [1.82, 2.24) is 0 Å². The van der Waals surface area contributed by atoms with E-state index in [4.69, 9.17) is 0 Å². The predicted octanol–water partition coefficient (Wildman–Crippen LogP) is 5.68. The summed E-state index contributed by atoms with van der Waals surface area (Å²) in [5.74, 6) is -1.40. The Labute approximate surface area is 165 Å². The van der Waals surface area contributed by atoms with Gasteiger partial charge < -0.3 is 5.11 Å². The van der Waals surface area contributed by atoms with E-state index in [1.807, 2.05) is 24.3 Å². The van der Waals surface area contributed by atoms with Gasteiger partial charge in [0.15, 0.2) is 5.78 Å². The van der Waals surface area contributed by atoms with Crippen molar-refractivity contribution in [3.05, 3.63) is 93.0 Å². The Morgan fingerprint density at radius 3 is 2.30 bits per heavy atom. The number of carboxylic acid groups (broad SMARTS) is 1. The first-order valence-electron chi connectivity index (χ1n) is 8.62. The van der Waals surface area contributed by atoms with Crippen LogP contribution in [0.1, 0.15) is 51.3 Å². The zero-order chi connectivity index (χ0) is 19.3. The van der Waals surface area contributed by atoms with E-state index < -0.39 is 5.97 Å². The minimum atomic E-state index is -1.12. The maximum atomic E-state index is 13.1. The molecule has 134 valence electrons. The fourth-order valence-corrected chi connectivity index (χ4v) is 4.25. The van der Waals surface area contributed by atoms with Crippen LogP contribution in [0, 0.1) is 0 Å². The van der Waals surface area contributed by atoms with Crippen molar-refractivity contribution in [3.63, 3.8) is 0 Å². The van der Waals surface area contributed by atoms with Crippen molar-refractivity contribution >= 4 is 27.7 Å². The van der Waals surface area contributed by atoms with E-state index in [0.717, 1.165) is 11.1 Å². The van der Waals surface area contributed by atoms with Crippen LogP contribution in [0.4, 0.5) is 0 Å². The largest absolute Gasteiger partial charge is 0.478 e. The molecule has 4 heteroatoms. The molecule has 0 spiro atoms. The standard InChI is InChI=1S/C23H17BrO3/c1-23(2)19-6-4-3-5-15(19)16-9-7-13(11-20(16)23)21(25)17-10-8-14(24)12-18(17)22(26)27/h3-12H,1-2H3,(H,26,27). The monoisotopic (exact) mass is 420 g/mol. The summed E-state index contributed by atoms with van der Waals surface area (Å²) in [6, 6.07) is 18.6. The molecular formula is C23H17BrO3. The van der Waals surface area contributed by atoms with E-state index in [2.05, 4.69) is 41.9 Å². The molecule has 0 unspecified atom stereocenters. The first kappa shape index (κ1) is 17.7. The van der Waals surface area contributed by atoms with Crippen LogP contribution in [0.5, 0.6) is 0 Å². The third-order valence-electron chi connectivity index (χ3n) is 5.30. The van der Waals surface area contributed by atoms with Gasteiger partial charge in [0.1, 0.15) is 0 Å². The van der Waals surface area contributed by atoms with Crippen LogP contribution >= 0.6 is 15.9 Å². The summed E-state index contributed by atoms with van der Waals surface area (Å²) in [4.78, 5) is 24.7. The zero-order valence-corrected chi connectivity index (χ0v) is 16.5. The van der Waals surface area contributed by atoms with E-state index in [1.165, 1.54) is 17.2 Å². The van der Waals surface area contributed by atoms with Gasteiger partial charge in [0.2, 0.25) is 0 Å². The van der Waals surface area contributed by atoms with Gasteiger partial charge in [-0.05, 0) is 46.5 Å². The van der Waals surface area contributed by atoms with Gasteiger partial charge in [0, 0.05) is 21.0 Å². The van der Waals surface area contributed by atoms with Crippen molar-refractivity contribution < 1.29 is 14.7 Å². The molecule has 0 saturated carbocycles. The molecule has 0 saturated heterocycles. The van der Waals surface area contributed by atoms with Crippen LogP contribution in [0.15, 0.2) is 65.1 Å². The van der Waals surface area contributed by atoms with E-state index in [1.54, 1.807) is 18.2 Å². The molecule has 0 fully saturated rings. The molecule has 4 rings (SSSR count). The molecule has 3 aromatic rings. The first-order valence-corrected chi connectivity index (χ1v) is 9.42. The molecule has 3 aromatic carbocycles. The third kappa shape index (κ3) is 2.72. The lowest BCUT2D eigenvalue weighted by Crippen LogP contribution is -2.16. The summed E-state index contributed by atoms with van der Waals surface area (Å²) in [6.07, 6.45) is 0. The maximum Gasteiger partial charge on any atom is 0.336 e. The molecule has 1 N–H and O–H groups in total. The molecule has 0 heterocycles. The zero-order valence-electron chi connectivity index (χ0n) is 14.9. The third-order valence-corrected chi connectivity index (χ3v) is 5.80. The summed E-state index contributed by atoms with van der Waals surface area (Å²) in [6.45, 7) is 4.29. The Morgan fingerprint density at radius 2 is 1.56 bits per heavy atom. The van der Waals surface area contributed by atoms with Crippen LogP contribution in [0.25, 0.3) is 11.1 Å². The van der Waals surface area contributed by atoms with Crippen LogP contribution < -0.4 is 0 Å². The quantitative estimate of drug-likeness (QED) is 0.554. The first-order chi connectivity index (χ1) is 12.8. The van der Waals surface area contributed by atoms with E-state index >= 15 is 0 Å².